The molecular weight excluding hydrogens is 236 g/mol. The van der Waals surface area contributed by atoms with Gasteiger partial charge in [0.25, 0.3) is 0 Å². The number of esters is 1. The van der Waals surface area contributed by atoms with Crippen molar-refractivity contribution in [2.75, 3.05) is 13.7 Å². The van der Waals surface area contributed by atoms with E-state index in [4.69, 9.17) is 4.43 Å². The van der Waals surface area contributed by atoms with Crippen molar-refractivity contribution >= 4 is 14.3 Å². The molecule has 0 aromatic rings. The van der Waals surface area contributed by atoms with Crippen molar-refractivity contribution in [2.24, 2.45) is 5.92 Å². The summed E-state index contributed by atoms with van der Waals surface area (Å²) < 4.78 is 10.5. The number of hydrogen-bond donors (Lipinski definition) is 1. The van der Waals surface area contributed by atoms with Gasteiger partial charge in [-0.2, -0.15) is 0 Å². The lowest BCUT2D eigenvalue weighted by Gasteiger charge is -2.29. The minimum Gasteiger partial charge on any atom is -0.469 e. The lowest BCUT2D eigenvalue weighted by atomic mass is 10.2. The molecule has 0 aliphatic heterocycles. The number of methoxy groups -OCH3 is 1. The standard InChI is InChI=1S/C12H26O4Si/c1-10(2)9-17(4,5)16-11(8-13)6-7-12(14)15-3/h10-11,13H,6-9H2,1-5H3/t11-/m0/s1. The zero-order valence-corrected chi connectivity index (χ0v) is 12.7. The van der Waals surface area contributed by atoms with Gasteiger partial charge in [-0.3, -0.25) is 4.79 Å². The fraction of sp³-hybridized carbons (Fsp3) is 0.917. The smallest absolute Gasteiger partial charge is 0.305 e. The third-order valence-corrected chi connectivity index (χ3v) is 5.26. The van der Waals surface area contributed by atoms with Crippen molar-refractivity contribution in [3.05, 3.63) is 0 Å². The Balaban J connectivity index is 4.15. The molecule has 0 fully saturated rings. The summed E-state index contributed by atoms with van der Waals surface area (Å²) in [6.45, 7) is 8.59. The van der Waals surface area contributed by atoms with Gasteiger partial charge in [0.2, 0.25) is 0 Å². The van der Waals surface area contributed by atoms with Crippen LogP contribution >= 0.6 is 0 Å². The Morgan fingerprint density at radius 1 is 1.35 bits per heavy atom. The zero-order chi connectivity index (χ0) is 13.5. The molecular formula is C12H26O4Si. The molecule has 4 nitrogen and oxygen atoms in total. The van der Waals surface area contributed by atoms with Crippen LogP contribution in [0.15, 0.2) is 0 Å². The molecule has 0 aliphatic rings. The number of ether oxygens (including phenoxy) is 1. The average molecular weight is 262 g/mol. The summed E-state index contributed by atoms with van der Waals surface area (Å²) >= 11 is 0. The average Bonchev–Trinajstić information content (AvgIpc) is 2.21. The van der Waals surface area contributed by atoms with Crippen molar-refractivity contribution in [1.82, 2.24) is 0 Å². The Labute approximate surface area is 105 Å². The predicted molar refractivity (Wildman–Crippen MR) is 70.3 cm³/mol. The monoisotopic (exact) mass is 262 g/mol. The van der Waals surface area contributed by atoms with Crippen LogP contribution in [0.1, 0.15) is 26.7 Å². The fourth-order valence-electron chi connectivity index (χ4n) is 2.05. The van der Waals surface area contributed by atoms with Crippen LogP contribution in [-0.4, -0.2) is 39.2 Å². The van der Waals surface area contributed by atoms with E-state index >= 15 is 0 Å². The van der Waals surface area contributed by atoms with Gasteiger partial charge < -0.3 is 14.3 Å². The second-order valence-electron chi connectivity index (χ2n) is 5.39. The number of carbonyl (C=O) groups excluding carboxylic acids is 1. The summed E-state index contributed by atoms with van der Waals surface area (Å²) in [4.78, 5) is 11.0. The van der Waals surface area contributed by atoms with E-state index < -0.39 is 8.32 Å². The maximum absolute atomic E-state index is 11.0. The minimum atomic E-state index is -1.74. The van der Waals surface area contributed by atoms with Crippen LogP contribution < -0.4 is 0 Å². The summed E-state index contributed by atoms with van der Waals surface area (Å²) in [7, 11) is -0.375. The molecule has 0 amide bonds. The maximum atomic E-state index is 11.0. The molecule has 0 heterocycles. The van der Waals surface area contributed by atoms with Gasteiger partial charge in [-0.05, 0) is 31.5 Å². The van der Waals surface area contributed by atoms with Crippen LogP contribution in [-0.2, 0) is 14.0 Å². The summed E-state index contributed by atoms with van der Waals surface area (Å²) in [6.07, 6.45) is 0.584. The van der Waals surface area contributed by atoms with Gasteiger partial charge >= 0.3 is 5.97 Å². The lowest BCUT2D eigenvalue weighted by molar-refractivity contribution is -0.141. The van der Waals surface area contributed by atoms with Crippen LogP contribution in [0, 0.1) is 5.92 Å². The Bertz CT molecular complexity index is 229. The van der Waals surface area contributed by atoms with Crippen molar-refractivity contribution in [2.45, 2.75) is 51.9 Å². The third-order valence-electron chi connectivity index (χ3n) is 2.49. The molecule has 0 bridgehead atoms. The van der Waals surface area contributed by atoms with Gasteiger partial charge in [0, 0.05) is 6.42 Å². The number of hydrogen-bond acceptors (Lipinski definition) is 4. The summed E-state index contributed by atoms with van der Waals surface area (Å²) in [5, 5.41) is 9.25. The van der Waals surface area contributed by atoms with E-state index in [1.807, 2.05) is 0 Å². The molecule has 0 saturated heterocycles. The maximum Gasteiger partial charge on any atom is 0.305 e. The van der Waals surface area contributed by atoms with E-state index in [1.54, 1.807) is 0 Å². The van der Waals surface area contributed by atoms with Crippen molar-refractivity contribution in [3.8, 4) is 0 Å². The highest BCUT2D eigenvalue weighted by atomic mass is 28.4. The summed E-state index contributed by atoms with van der Waals surface area (Å²) in [5.41, 5.74) is 0. The lowest BCUT2D eigenvalue weighted by Crippen LogP contribution is -2.38. The molecule has 0 aromatic heterocycles. The predicted octanol–water partition coefficient (Wildman–Crippen LogP) is 2.18. The number of aliphatic hydroxyl groups is 1. The van der Waals surface area contributed by atoms with E-state index in [1.165, 1.54) is 7.11 Å². The highest BCUT2D eigenvalue weighted by molar-refractivity contribution is 6.71. The van der Waals surface area contributed by atoms with Gasteiger partial charge in [-0.15, -0.1) is 0 Å². The van der Waals surface area contributed by atoms with Crippen molar-refractivity contribution < 1.29 is 19.1 Å². The highest BCUT2D eigenvalue weighted by Gasteiger charge is 2.27. The zero-order valence-electron chi connectivity index (χ0n) is 11.7. The van der Waals surface area contributed by atoms with E-state index in [-0.39, 0.29) is 18.7 Å². The number of aliphatic hydroxyl groups excluding tert-OH is 1. The highest BCUT2D eigenvalue weighted by Crippen LogP contribution is 2.21. The second-order valence-corrected chi connectivity index (χ2v) is 9.56. The van der Waals surface area contributed by atoms with E-state index in [2.05, 4.69) is 31.7 Å². The first-order valence-electron chi connectivity index (χ1n) is 6.16. The molecule has 5 heteroatoms. The van der Waals surface area contributed by atoms with Crippen LogP contribution in [0.2, 0.25) is 19.1 Å². The molecule has 0 rings (SSSR count). The SMILES string of the molecule is COC(=O)CC[C@@H](CO)O[Si](C)(C)CC(C)C. The first-order chi connectivity index (χ1) is 7.80. The molecule has 0 spiro atoms. The van der Waals surface area contributed by atoms with Crippen LogP contribution in [0.4, 0.5) is 0 Å². The Hall–Kier alpha value is -0.393. The first-order valence-corrected chi connectivity index (χ1v) is 9.27. The fourth-order valence-corrected chi connectivity index (χ4v) is 5.21. The Kier molecular flexibility index (Phi) is 7.66. The minimum absolute atomic E-state index is 0.0362. The topological polar surface area (TPSA) is 55.8 Å². The van der Waals surface area contributed by atoms with Gasteiger partial charge in [0.15, 0.2) is 8.32 Å². The molecule has 0 unspecified atom stereocenters. The Morgan fingerprint density at radius 3 is 2.35 bits per heavy atom. The number of carbonyl (C=O) groups is 1. The van der Waals surface area contributed by atoms with E-state index in [0.29, 0.717) is 18.8 Å². The molecule has 17 heavy (non-hydrogen) atoms. The van der Waals surface area contributed by atoms with Gasteiger partial charge in [-0.25, -0.2) is 0 Å². The molecule has 1 atom stereocenters. The third kappa shape index (κ3) is 8.35. The van der Waals surface area contributed by atoms with Crippen molar-refractivity contribution in [1.29, 1.82) is 0 Å². The normalized spacial score (nSPS) is 13.8. The van der Waals surface area contributed by atoms with Crippen LogP contribution in [0.25, 0.3) is 0 Å². The van der Waals surface area contributed by atoms with Crippen LogP contribution in [0.5, 0.6) is 0 Å². The van der Waals surface area contributed by atoms with Gasteiger partial charge in [0.05, 0.1) is 19.8 Å². The molecule has 0 saturated carbocycles. The largest absolute Gasteiger partial charge is 0.469 e. The summed E-state index contributed by atoms with van der Waals surface area (Å²) in [6, 6.07) is 1.06. The van der Waals surface area contributed by atoms with Gasteiger partial charge in [0.1, 0.15) is 0 Å². The molecule has 102 valence electrons. The molecule has 0 radical (unpaired) electrons. The van der Waals surface area contributed by atoms with E-state index in [9.17, 15) is 9.90 Å². The Morgan fingerprint density at radius 2 is 1.94 bits per heavy atom. The summed E-state index contributed by atoms with van der Waals surface area (Å²) in [5.74, 6) is 0.340. The molecule has 0 aromatic carbocycles. The quantitative estimate of drug-likeness (QED) is 0.538. The molecule has 0 aliphatic carbocycles. The second kappa shape index (κ2) is 7.84. The van der Waals surface area contributed by atoms with Gasteiger partial charge in [-0.1, -0.05) is 13.8 Å². The molecule has 1 N–H and O–H groups in total. The first kappa shape index (κ1) is 16.6. The van der Waals surface area contributed by atoms with Crippen molar-refractivity contribution in [3.63, 3.8) is 0 Å². The van der Waals surface area contributed by atoms with Crippen LogP contribution in [0.3, 0.4) is 0 Å². The van der Waals surface area contributed by atoms with E-state index in [0.717, 1.165) is 6.04 Å². The number of rotatable bonds is 8.